The van der Waals surface area contributed by atoms with Crippen LogP contribution in [0.15, 0.2) is 0 Å². The van der Waals surface area contributed by atoms with E-state index in [0.29, 0.717) is 13.2 Å². The molecule has 1 N–H and O–H groups in total. The first kappa shape index (κ1) is 15.1. The fourth-order valence-corrected chi connectivity index (χ4v) is 1.50. The van der Waals surface area contributed by atoms with Crippen LogP contribution in [0.3, 0.4) is 0 Å². The van der Waals surface area contributed by atoms with Crippen molar-refractivity contribution < 1.29 is 14.3 Å². The number of halogens is 1. The highest BCUT2D eigenvalue weighted by Gasteiger charge is 2.13. The monoisotopic (exact) mass is 329 g/mol. The molecule has 1 atom stereocenters. The molecule has 0 bridgehead atoms. The zero-order valence-corrected chi connectivity index (χ0v) is 11.6. The van der Waals surface area contributed by atoms with Crippen LogP contribution in [-0.2, 0) is 14.3 Å². The number of methoxy groups -OCH3 is 1. The van der Waals surface area contributed by atoms with Crippen molar-refractivity contribution >= 4 is 28.6 Å². The van der Waals surface area contributed by atoms with Gasteiger partial charge in [0.1, 0.15) is 3.92 Å². The first-order chi connectivity index (χ1) is 7.22. The molecule has 0 aromatic heterocycles. The van der Waals surface area contributed by atoms with Crippen LogP contribution in [0.4, 0.5) is 0 Å². The Morgan fingerprint density at radius 1 is 1.47 bits per heavy atom. The molecule has 0 radical (unpaired) electrons. The van der Waals surface area contributed by atoms with E-state index in [0.717, 1.165) is 26.0 Å². The van der Waals surface area contributed by atoms with Gasteiger partial charge in [-0.05, 0) is 6.42 Å². The summed E-state index contributed by atoms with van der Waals surface area (Å²) in [6, 6.07) is 0. The Hall–Kier alpha value is 0.120. The lowest BCUT2D eigenvalue weighted by Crippen LogP contribution is -2.31. The minimum absolute atomic E-state index is 0.122. The molecule has 0 aliphatic heterocycles. The van der Waals surface area contributed by atoms with Crippen LogP contribution in [0.25, 0.3) is 0 Å². The maximum atomic E-state index is 11.0. The summed E-state index contributed by atoms with van der Waals surface area (Å²) < 4.78 is 9.84. The van der Waals surface area contributed by atoms with Crippen LogP contribution in [0.1, 0.15) is 19.8 Å². The Morgan fingerprint density at radius 2 is 2.20 bits per heavy atom. The normalized spacial score (nSPS) is 12.5. The summed E-state index contributed by atoms with van der Waals surface area (Å²) >= 11 is 2.06. The highest BCUT2D eigenvalue weighted by Crippen LogP contribution is 2.00. The van der Waals surface area contributed by atoms with Crippen LogP contribution < -0.4 is 5.32 Å². The molecule has 0 saturated heterocycles. The average molecular weight is 329 g/mol. The second-order valence-electron chi connectivity index (χ2n) is 3.16. The van der Waals surface area contributed by atoms with E-state index in [4.69, 9.17) is 4.74 Å². The van der Waals surface area contributed by atoms with Gasteiger partial charge in [-0.2, -0.15) is 0 Å². The number of alkyl halides is 1. The van der Waals surface area contributed by atoms with E-state index in [1.165, 1.54) is 7.11 Å². The number of esters is 1. The van der Waals surface area contributed by atoms with Gasteiger partial charge in [-0.3, -0.25) is 4.79 Å². The summed E-state index contributed by atoms with van der Waals surface area (Å²) in [5.74, 6) is -0.185. The SMILES string of the molecule is CCCCOCCNCC(I)C(=O)OC. The van der Waals surface area contributed by atoms with E-state index in [9.17, 15) is 4.79 Å². The number of rotatable bonds is 9. The molecule has 0 aromatic carbocycles. The van der Waals surface area contributed by atoms with Gasteiger partial charge >= 0.3 is 5.97 Å². The summed E-state index contributed by atoms with van der Waals surface area (Å²) in [5.41, 5.74) is 0. The van der Waals surface area contributed by atoms with Gasteiger partial charge in [-0.15, -0.1) is 0 Å². The highest BCUT2D eigenvalue weighted by atomic mass is 127. The molecule has 4 nitrogen and oxygen atoms in total. The van der Waals surface area contributed by atoms with Crippen molar-refractivity contribution in [3.63, 3.8) is 0 Å². The third-order valence-electron chi connectivity index (χ3n) is 1.85. The fraction of sp³-hybridized carbons (Fsp3) is 0.900. The summed E-state index contributed by atoms with van der Waals surface area (Å²) in [4.78, 5) is 11.0. The first-order valence-electron chi connectivity index (χ1n) is 5.22. The van der Waals surface area contributed by atoms with Gasteiger partial charge in [0, 0.05) is 19.7 Å². The molecule has 0 saturated carbocycles. The van der Waals surface area contributed by atoms with Gasteiger partial charge in [-0.1, -0.05) is 35.9 Å². The van der Waals surface area contributed by atoms with Crippen molar-refractivity contribution in [3.8, 4) is 0 Å². The molecule has 1 unspecified atom stereocenters. The van der Waals surface area contributed by atoms with Gasteiger partial charge in [-0.25, -0.2) is 0 Å². The Balaban J connectivity index is 3.20. The summed E-state index contributed by atoms with van der Waals surface area (Å²) in [6.07, 6.45) is 2.27. The second kappa shape index (κ2) is 10.6. The smallest absolute Gasteiger partial charge is 0.319 e. The molecule has 0 amide bonds. The van der Waals surface area contributed by atoms with Crippen molar-refractivity contribution in [1.29, 1.82) is 0 Å². The molecule has 15 heavy (non-hydrogen) atoms. The largest absolute Gasteiger partial charge is 0.468 e. The molecule has 0 heterocycles. The second-order valence-corrected chi connectivity index (χ2v) is 4.66. The molecule has 0 rings (SSSR count). The van der Waals surface area contributed by atoms with Gasteiger partial charge in [0.2, 0.25) is 0 Å². The zero-order chi connectivity index (χ0) is 11.5. The predicted molar refractivity (Wildman–Crippen MR) is 68.4 cm³/mol. The molecule has 0 aliphatic rings. The number of carbonyl (C=O) groups excluding carboxylic acids is 1. The maximum absolute atomic E-state index is 11.0. The van der Waals surface area contributed by atoms with E-state index in [2.05, 4.69) is 39.6 Å². The van der Waals surface area contributed by atoms with Crippen LogP contribution in [0, 0.1) is 0 Å². The summed E-state index contributed by atoms with van der Waals surface area (Å²) in [7, 11) is 1.40. The number of hydrogen-bond acceptors (Lipinski definition) is 4. The van der Waals surface area contributed by atoms with Crippen molar-refractivity contribution in [2.45, 2.75) is 23.7 Å². The van der Waals surface area contributed by atoms with E-state index in [1.807, 2.05) is 0 Å². The molecule has 90 valence electrons. The third-order valence-corrected chi connectivity index (χ3v) is 2.79. The number of hydrogen-bond donors (Lipinski definition) is 1. The highest BCUT2D eigenvalue weighted by molar-refractivity contribution is 14.1. The molecule has 0 aliphatic carbocycles. The van der Waals surface area contributed by atoms with Gasteiger partial charge < -0.3 is 14.8 Å². The molecular weight excluding hydrogens is 309 g/mol. The standard InChI is InChI=1S/C10H20INO3/c1-3-4-6-15-7-5-12-8-9(11)10(13)14-2/h9,12H,3-8H2,1-2H3. The minimum atomic E-state index is -0.185. The average Bonchev–Trinajstić information content (AvgIpc) is 2.26. The van der Waals surface area contributed by atoms with Crippen molar-refractivity contribution in [3.05, 3.63) is 0 Å². The van der Waals surface area contributed by atoms with Gasteiger partial charge in [0.25, 0.3) is 0 Å². The lowest BCUT2D eigenvalue weighted by molar-refractivity contribution is -0.139. The van der Waals surface area contributed by atoms with Crippen LogP contribution >= 0.6 is 22.6 Å². The predicted octanol–water partition coefficient (Wildman–Crippen LogP) is 1.37. The number of carbonyl (C=O) groups is 1. The molecule has 0 spiro atoms. The first-order valence-corrected chi connectivity index (χ1v) is 6.47. The number of ether oxygens (including phenoxy) is 2. The Bertz CT molecular complexity index is 167. The van der Waals surface area contributed by atoms with Crippen LogP contribution in [0.2, 0.25) is 0 Å². The quantitative estimate of drug-likeness (QED) is 0.300. The topological polar surface area (TPSA) is 47.6 Å². The lowest BCUT2D eigenvalue weighted by Gasteiger charge is -2.09. The van der Waals surface area contributed by atoms with E-state index in [1.54, 1.807) is 0 Å². The Kier molecular flexibility index (Phi) is 10.7. The maximum Gasteiger partial charge on any atom is 0.319 e. The molecular formula is C10H20INO3. The lowest BCUT2D eigenvalue weighted by atomic mass is 10.4. The molecule has 0 fully saturated rings. The van der Waals surface area contributed by atoms with Gasteiger partial charge in [0.05, 0.1) is 13.7 Å². The Labute approximate surface area is 105 Å². The molecule has 0 aromatic rings. The van der Waals surface area contributed by atoms with Crippen LogP contribution in [-0.4, -0.2) is 43.3 Å². The number of nitrogens with one attached hydrogen (secondary N) is 1. The van der Waals surface area contributed by atoms with Crippen LogP contribution in [0.5, 0.6) is 0 Å². The number of unbranched alkanes of at least 4 members (excludes halogenated alkanes) is 1. The van der Waals surface area contributed by atoms with E-state index >= 15 is 0 Å². The Morgan fingerprint density at radius 3 is 2.80 bits per heavy atom. The fourth-order valence-electron chi connectivity index (χ4n) is 0.933. The van der Waals surface area contributed by atoms with Crippen molar-refractivity contribution in [2.24, 2.45) is 0 Å². The van der Waals surface area contributed by atoms with E-state index < -0.39 is 0 Å². The zero-order valence-electron chi connectivity index (χ0n) is 9.42. The minimum Gasteiger partial charge on any atom is -0.468 e. The molecule has 5 heteroatoms. The van der Waals surface area contributed by atoms with E-state index in [-0.39, 0.29) is 9.89 Å². The van der Waals surface area contributed by atoms with Crippen molar-refractivity contribution in [2.75, 3.05) is 33.4 Å². The van der Waals surface area contributed by atoms with Gasteiger partial charge in [0.15, 0.2) is 0 Å². The summed E-state index contributed by atoms with van der Waals surface area (Å²) in [5, 5.41) is 3.14. The summed E-state index contributed by atoms with van der Waals surface area (Å²) in [6.45, 7) is 5.07. The third kappa shape index (κ3) is 9.07. The van der Waals surface area contributed by atoms with Crippen molar-refractivity contribution in [1.82, 2.24) is 5.32 Å².